The van der Waals surface area contributed by atoms with E-state index in [4.69, 9.17) is 4.74 Å². The van der Waals surface area contributed by atoms with Crippen molar-refractivity contribution in [2.45, 2.75) is 40.7 Å². The van der Waals surface area contributed by atoms with Crippen LogP contribution in [-0.4, -0.2) is 17.7 Å². The molecule has 2 atom stereocenters. The summed E-state index contributed by atoms with van der Waals surface area (Å²) >= 11 is 0. The lowest BCUT2D eigenvalue weighted by atomic mass is 9.87. The molecule has 2 unspecified atom stereocenters. The standard InChI is InChI=1S/C19H26O3/c1-6-22-18(21)16(13-12-14(2)19(3,4)5)17(20)15-10-8-7-9-11-15/h7-11,13,16-17,20H,6H2,1-5H3. The van der Waals surface area contributed by atoms with Gasteiger partial charge >= 0.3 is 5.97 Å². The van der Waals surface area contributed by atoms with E-state index in [2.05, 4.69) is 26.5 Å². The van der Waals surface area contributed by atoms with Gasteiger partial charge in [0.25, 0.3) is 0 Å². The van der Waals surface area contributed by atoms with Gasteiger partial charge in [0.1, 0.15) is 5.92 Å². The number of esters is 1. The summed E-state index contributed by atoms with van der Waals surface area (Å²) in [7, 11) is 0. The van der Waals surface area contributed by atoms with Gasteiger partial charge in [0, 0.05) is 0 Å². The fourth-order valence-electron chi connectivity index (χ4n) is 1.82. The molecule has 0 aliphatic heterocycles. The molecule has 22 heavy (non-hydrogen) atoms. The minimum absolute atomic E-state index is 0.0343. The largest absolute Gasteiger partial charge is 0.465 e. The molecule has 1 N–H and O–H groups in total. The van der Waals surface area contributed by atoms with E-state index in [1.165, 1.54) is 0 Å². The van der Waals surface area contributed by atoms with Crippen molar-refractivity contribution in [3.05, 3.63) is 53.3 Å². The lowest BCUT2D eigenvalue weighted by Crippen LogP contribution is -2.23. The summed E-state index contributed by atoms with van der Waals surface area (Å²) in [6, 6.07) is 9.13. The number of aliphatic hydroxyl groups is 1. The van der Waals surface area contributed by atoms with Gasteiger partial charge in [0.15, 0.2) is 0 Å². The van der Waals surface area contributed by atoms with Crippen LogP contribution in [0.3, 0.4) is 0 Å². The fourth-order valence-corrected chi connectivity index (χ4v) is 1.82. The first-order chi connectivity index (χ1) is 10.3. The first-order valence-electron chi connectivity index (χ1n) is 7.61. The van der Waals surface area contributed by atoms with Crippen LogP contribution >= 0.6 is 0 Å². The minimum Gasteiger partial charge on any atom is -0.465 e. The average Bonchev–Trinajstić information content (AvgIpc) is 2.47. The molecule has 0 heterocycles. The van der Waals surface area contributed by atoms with Gasteiger partial charge in [-0.05, 0) is 36.5 Å². The highest BCUT2D eigenvalue weighted by atomic mass is 16.5. The first kappa shape index (κ1) is 18.2. The molecule has 1 aromatic carbocycles. The number of rotatable bonds is 5. The zero-order valence-electron chi connectivity index (χ0n) is 14.1. The summed E-state index contributed by atoms with van der Waals surface area (Å²) in [6.07, 6.45) is 0.677. The normalized spacial score (nSPS) is 13.7. The lowest BCUT2D eigenvalue weighted by molar-refractivity contribution is -0.149. The van der Waals surface area contributed by atoms with E-state index in [-0.39, 0.29) is 12.0 Å². The highest BCUT2D eigenvalue weighted by Crippen LogP contribution is 2.26. The monoisotopic (exact) mass is 302 g/mol. The maximum absolute atomic E-state index is 12.2. The van der Waals surface area contributed by atoms with Crippen molar-refractivity contribution in [1.29, 1.82) is 0 Å². The van der Waals surface area contributed by atoms with Gasteiger partial charge in [0.05, 0.1) is 12.7 Å². The van der Waals surface area contributed by atoms with E-state index in [1.54, 1.807) is 25.1 Å². The van der Waals surface area contributed by atoms with Crippen LogP contribution in [0.5, 0.6) is 0 Å². The second-order valence-electron chi connectivity index (χ2n) is 6.32. The number of hydrogen-bond donors (Lipinski definition) is 1. The van der Waals surface area contributed by atoms with E-state index in [0.717, 1.165) is 5.57 Å². The molecular weight excluding hydrogens is 276 g/mol. The Balaban J connectivity index is 3.15. The molecule has 0 spiro atoms. The van der Waals surface area contributed by atoms with Crippen molar-refractivity contribution in [2.24, 2.45) is 11.3 Å². The maximum atomic E-state index is 12.2. The summed E-state index contributed by atoms with van der Waals surface area (Å²) in [6.45, 7) is 10.2. The minimum atomic E-state index is -0.944. The summed E-state index contributed by atoms with van der Waals surface area (Å²) in [5, 5.41) is 10.5. The Kier molecular flexibility index (Phi) is 6.61. The molecule has 0 aromatic heterocycles. The van der Waals surface area contributed by atoms with Crippen molar-refractivity contribution in [2.75, 3.05) is 6.61 Å². The predicted octanol–water partition coefficient (Wildman–Crippen LogP) is 4.05. The molecule has 0 aliphatic rings. The SMILES string of the molecule is CCOC(=O)C(C=C=C(C)C(C)(C)C)C(O)c1ccccc1. The zero-order chi connectivity index (χ0) is 16.8. The summed E-state index contributed by atoms with van der Waals surface area (Å²) in [5.74, 6) is -1.20. The molecule has 0 bridgehead atoms. The Morgan fingerprint density at radius 3 is 2.41 bits per heavy atom. The first-order valence-corrected chi connectivity index (χ1v) is 7.61. The molecule has 3 nitrogen and oxygen atoms in total. The van der Waals surface area contributed by atoms with Crippen molar-refractivity contribution >= 4 is 5.97 Å². The maximum Gasteiger partial charge on any atom is 0.316 e. The molecule has 120 valence electrons. The van der Waals surface area contributed by atoms with Gasteiger partial charge in [-0.15, -0.1) is 5.73 Å². The number of aliphatic hydroxyl groups excluding tert-OH is 1. The summed E-state index contributed by atoms with van der Waals surface area (Å²) in [5.41, 5.74) is 4.81. The fraction of sp³-hybridized carbons (Fsp3) is 0.474. The van der Waals surface area contributed by atoms with Gasteiger partial charge in [-0.3, -0.25) is 4.79 Å². The number of benzene rings is 1. The molecule has 0 saturated carbocycles. The third-order valence-corrected chi connectivity index (χ3v) is 3.64. The molecule has 0 amide bonds. The third-order valence-electron chi connectivity index (χ3n) is 3.64. The van der Waals surface area contributed by atoms with Crippen LogP contribution in [-0.2, 0) is 9.53 Å². The van der Waals surface area contributed by atoms with Crippen LogP contribution in [0.2, 0.25) is 0 Å². The van der Waals surface area contributed by atoms with E-state index >= 15 is 0 Å². The van der Waals surface area contributed by atoms with Gasteiger partial charge in [0.2, 0.25) is 0 Å². The van der Waals surface area contributed by atoms with E-state index in [9.17, 15) is 9.90 Å². The van der Waals surface area contributed by atoms with Gasteiger partial charge < -0.3 is 9.84 Å². The van der Waals surface area contributed by atoms with Crippen LogP contribution in [0.15, 0.2) is 47.7 Å². The number of ether oxygens (including phenoxy) is 1. The third kappa shape index (κ3) is 5.18. The Morgan fingerprint density at radius 1 is 1.32 bits per heavy atom. The van der Waals surface area contributed by atoms with Crippen molar-refractivity contribution < 1.29 is 14.6 Å². The van der Waals surface area contributed by atoms with E-state index in [0.29, 0.717) is 5.56 Å². The van der Waals surface area contributed by atoms with Crippen molar-refractivity contribution in [3.8, 4) is 0 Å². The quantitative estimate of drug-likeness (QED) is 0.659. The van der Waals surface area contributed by atoms with Crippen LogP contribution in [0.4, 0.5) is 0 Å². The topological polar surface area (TPSA) is 46.5 Å². The summed E-state index contributed by atoms with van der Waals surface area (Å²) in [4.78, 5) is 12.2. The average molecular weight is 302 g/mol. The van der Waals surface area contributed by atoms with Gasteiger partial charge in [-0.25, -0.2) is 0 Å². The van der Waals surface area contributed by atoms with Crippen molar-refractivity contribution in [3.63, 3.8) is 0 Å². The summed E-state index contributed by atoms with van der Waals surface area (Å²) < 4.78 is 5.09. The molecule has 0 radical (unpaired) electrons. The predicted molar refractivity (Wildman–Crippen MR) is 88.2 cm³/mol. The molecule has 1 rings (SSSR count). The molecule has 1 aromatic rings. The number of carbonyl (C=O) groups is 1. The van der Waals surface area contributed by atoms with Gasteiger partial charge in [-0.1, -0.05) is 51.1 Å². The Labute approximate surface area is 133 Å². The lowest BCUT2D eigenvalue weighted by Gasteiger charge is -2.19. The van der Waals surface area contributed by atoms with E-state index in [1.807, 2.05) is 25.1 Å². The molecule has 0 fully saturated rings. The molecule has 0 aliphatic carbocycles. The van der Waals surface area contributed by atoms with Crippen LogP contribution in [0.25, 0.3) is 0 Å². The zero-order valence-corrected chi connectivity index (χ0v) is 14.1. The van der Waals surface area contributed by atoms with Crippen molar-refractivity contribution in [1.82, 2.24) is 0 Å². The highest BCUT2D eigenvalue weighted by molar-refractivity contribution is 5.75. The molecule has 0 saturated heterocycles. The van der Waals surface area contributed by atoms with Gasteiger partial charge in [-0.2, -0.15) is 0 Å². The Bertz CT molecular complexity index is 546. The Hall–Kier alpha value is -1.83. The number of carbonyl (C=O) groups excluding carboxylic acids is 1. The van der Waals surface area contributed by atoms with Crippen LogP contribution < -0.4 is 0 Å². The van der Waals surface area contributed by atoms with Crippen LogP contribution in [0.1, 0.15) is 46.3 Å². The van der Waals surface area contributed by atoms with Crippen LogP contribution in [0, 0.1) is 11.3 Å². The smallest absolute Gasteiger partial charge is 0.316 e. The second kappa shape index (κ2) is 7.98. The van der Waals surface area contributed by atoms with E-state index < -0.39 is 18.0 Å². The Morgan fingerprint density at radius 2 is 1.91 bits per heavy atom. The second-order valence-corrected chi connectivity index (χ2v) is 6.32. The highest BCUT2D eigenvalue weighted by Gasteiger charge is 2.27. The molecule has 3 heteroatoms. The number of hydrogen-bond acceptors (Lipinski definition) is 3. The molecular formula is C19H26O3.